The van der Waals surface area contributed by atoms with Crippen LogP contribution in [0.3, 0.4) is 0 Å². The van der Waals surface area contributed by atoms with Gasteiger partial charge in [0.05, 0.1) is 13.2 Å². The molecule has 0 aromatic rings. The standard InChI is InChI=1S/2C9H14O4.2Y/c2*1-9(2)12-7-5(4-10)3-6(11)8(7)13-9;;/h2*3,6-8,10-11H,4H2,1-2H3;;/t2*6-,7-,8?;;/m10../s1. The first-order valence-corrected chi connectivity index (χ1v) is 8.77. The predicted octanol–water partition coefficient (Wildman–Crippen LogP) is -0.406. The molecule has 2 unspecified atom stereocenters. The van der Waals surface area contributed by atoms with E-state index < -0.39 is 23.8 Å². The fraction of sp³-hybridized carbons (Fsp3) is 0.778. The summed E-state index contributed by atoms with van der Waals surface area (Å²) in [7, 11) is 0. The molecule has 154 valence electrons. The SMILES string of the molecule is CC1(C)OC2[C@@H](O)C=C(CO)[C@@H]2O1.CC1(C)OC2[C@H](O)C=C(CO)[C@H]2O1.[Y].[Y]. The molecule has 2 fully saturated rings. The minimum absolute atomic E-state index is 0. The van der Waals surface area contributed by atoms with Crippen LogP contribution < -0.4 is 0 Å². The van der Waals surface area contributed by atoms with E-state index in [-0.39, 0.29) is 103 Å². The van der Waals surface area contributed by atoms with E-state index in [4.69, 9.17) is 29.2 Å². The van der Waals surface area contributed by atoms with Crippen molar-refractivity contribution in [3.05, 3.63) is 23.3 Å². The van der Waals surface area contributed by atoms with Crippen LogP contribution in [0.1, 0.15) is 27.7 Å². The molecule has 0 bridgehead atoms. The maximum Gasteiger partial charge on any atom is 0.164 e. The summed E-state index contributed by atoms with van der Waals surface area (Å²) in [5.74, 6) is -1.32. The Morgan fingerprint density at radius 3 is 1.32 bits per heavy atom. The van der Waals surface area contributed by atoms with Crippen LogP contribution in [0.5, 0.6) is 0 Å². The predicted molar refractivity (Wildman–Crippen MR) is 90.0 cm³/mol. The minimum Gasteiger partial charge on any atom is -0.392 e. The number of ether oxygens (including phenoxy) is 4. The number of fused-ring (bicyclic) bond motifs is 2. The topological polar surface area (TPSA) is 118 Å². The molecule has 4 N–H and O–H groups in total. The van der Waals surface area contributed by atoms with Gasteiger partial charge < -0.3 is 39.4 Å². The van der Waals surface area contributed by atoms with Crippen LogP contribution in [0.4, 0.5) is 0 Å². The van der Waals surface area contributed by atoms with Gasteiger partial charge >= 0.3 is 0 Å². The summed E-state index contributed by atoms with van der Waals surface area (Å²) >= 11 is 0. The zero-order valence-electron chi connectivity index (χ0n) is 16.6. The normalized spacial score (nSPS) is 38.9. The van der Waals surface area contributed by atoms with Gasteiger partial charge in [0.15, 0.2) is 11.6 Å². The van der Waals surface area contributed by atoms with Gasteiger partial charge in [0.1, 0.15) is 36.6 Å². The van der Waals surface area contributed by atoms with Crippen molar-refractivity contribution in [1.29, 1.82) is 0 Å². The Labute approximate surface area is 215 Å². The maximum atomic E-state index is 9.54. The summed E-state index contributed by atoms with van der Waals surface area (Å²) in [6, 6.07) is 0. The van der Waals surface area contributed by atoms with Crippen molar-refractivity contribution < 1.29 is 105 Å². The molecular formula is C18H28O8Y2. The Kier molecular flexibility index (Phi) is 10.1. The van der Waals surface area contributed by atoms with Crippen LogP contribution in [-0.2, 0) is 84.4 Å². The van der Waals surface area contributed by atoms with Crippen molar-refractivity contribution in [2.75, 3.05) is 13.2 Å². The van der Waals surface area contributed by atoms with Crippen molar-refractivity contribution in [2.45, 2.75) is 75.9 Å². The molecule has 2 saturated heterocycles. The Balaban J connectivity index is 0.000000261. The van der Waals surface area contributed by atoms with Crippen molar-refractivity contribution in [3.8, 4) is 0 Å². The van der Waals surface area contributed by atoms with Crippen molar-refractivity contribution in [1.82, 2.24) is 0 Å². The third-order valence-corrected chi connectivity index (χ3v) is 4.80. The molecule has 2 aliphatic carbocycles. The molecule has 10 heteroatoms. The zero-order chi connectivity index (χ0) is 19.3. The summed E-state index contributed by atoms with van der Waals surface area (Å²) in [6.45, 7) is 7.02. The molecule has 0 saturated carbocycles. The van der Waals surface area contributed by atoms with E-state index in [0.29, 0.717) is 11.1 Å². The van der Waals surface area contributed by atoms with Gasteiger partial charge in [0.25, 0.3) is 0 Å². The Morgan fingerprint density at radius 2 is 1.04 bits per heavy atom. The fourth-order valence-corrected chi connectivity index (χ4v) is 3.75. The van der Waals surface area contributed by atoms with E-state index in [1.54, 1.807) is 39.8 Å². The summed E-state index contributed by atoms with van der Waals surface area (Å²) < 4.78 is 22.0. The molecular weight excluding hydrogens is 522 g/mol. The second-order valence-electron chi connectivity index (χ2n) is 7.82. The molecule has 4 rings (SSSR count). The number of rotatable bonds is 2. The van der Waals surface area contributed by atoms with Gasteiger partial charge in [-0.25, -0.2) is 0 Å². The quantitative estimate of drug-likeness (QED) is 0.344. The molecule has 0 aromatic heterocycles. The van der Waals surface area contributed by atoms with Crippen LogP contribution in [0.25, 0.3) is 0 Å². The molecule has 0 amide bonds. The summed E-state index contributed by atoms with van der Waals surface area (Å²) in [6.07, 6.45) is 0.622. The average molecular weight is 550 g/mol. The molecule has 6 atom stereocenters. The fourth-order valence-electron chi connectivity index (χ4n) is 3.75. The van der Waals surface area contributed by atoms with E-state index >= 15 is 0 Å². The first kappa shape index (κ1) is 27.4. The van der Waals surface area contributed by atoms with Gasteiger partial charge in [-0.3, -0.25) is 0 Å². The van der Waals surface area contributed by atoms with Crippen LogP contribution in [0.15, 0.2) is 23.3 Å². The Hall–Kier alpha value is 1.37. The van der Waals surface area contributed by atoms with Gasteiger partial charge in [-0.15, -0.1) is 0 Å². The monoisotopic (exact) mass is 550 g/mol. The third kappa shape index (κ3) is 5.78. The van der Waals surface area contributed by atoms with Crippen LogP contribution >= 0.6 is 0 Å². The molecule has 0 aromatic carbocycles. The first-order valence-electron chi connectivity index (χ1n) is 8.77. The van der Waals surface area contributed by atoms with Crippen LogP contribution in [-0.4, -0.2) is 81.8 Å². The van der Waals surface area contributed by atoms with Crippen LogP contribution in [0.2, 0.25) is 0 Å². The van der Waals surface area contributed by atoms with Gasteiger partial charge in [-0.2, -0.15) is 0 Å². The smallest absolute Gasteiger partial charge is 0.164 e. The van der Waals surface area contributed by atoms with Gasteiger partial charge in [-0.05, 0) is 51.0 Å². The van der Waals surface area contributed by atoms with Crippen LogP contribution in [0, 0.1) is 0 Å². The maximum absolute atomic E-state index is 9.54. The molecule has 4 aliphatic rings. The molecule has 2 aliphatic heterocycles. The van der Waals surface area contributed by atoms with Crippen molar-refractivity contribution in [3.63, 3.8) is 0 Å². The molecule has 28 heavy (non-hydrogen) atoms. The van der Waals surface area contributed by atoms with Crippen molar-refractivity contribution in [2.24, 2.45) is 0 Å². The zero-order valence-corrected chi connectivity index (χ0v) is 22.3. The average Bonchev–Trinajstić information content (AvgIpc) is 3.21. The van der Waals surface area contributed by atoms with Gasteiger partial charge in [0, 0.05) is 65.4 Å². The number of hydrogen-bond acceptors (Lipinski definition) is 8. The van der Waals surface area contributed by atoms with E-state index in [1.807, 2.05) is 0 Å². The molecule has 2 radical (unpaired) electrons. The van der Waals surface area contributed by atoms with Gasteiger partial charge in [0.2, 0.25) is 0 Å². The first-order chi connectivity index (χ1) is 12.1. The summed E-state index contributed by atoms with van der Waals surface area (Å²) in [5, 5.41) is 37.1. The van der Waals surface area contributed by atoms with Crippen molar-refractivity contribution >= 4 is 0 Å². The number of hydrogen-bond donors (Lipinski definition) is 4. The summed E-state index contributed by atoms with van der Waals surface area (Å²) in [4.78, 5) is 0. The van der Waals surface area contributed by atoms with E-state index in [2.05, 4.69) is 0 Å². The third-order valence-electron chi connectivity index (χ3n) is 4.80. The van der Waals surface area contributed by atoms with E-state index in [0.717, 1.165) is 0 Å². The second-order valence-corrected chi connectivity index (χ2v) is 7.82. The minimum atomic E-state index is -0.662. The molecule has 8 nitrogen and oxygen atoms in total. The van der Waals surface area contributed by atoms with Gasteiger partial charge in [-0.1, -0.05) is 0 Å². The largest absolute Gasteiger partial charge is 0.392 e. The second kappa shape index (κ2) is 10.3. The summed E-state index contributed by atoms with van der Waals surface area (Å²) in [5.41, 5.74) is 1.42. The Morgan fingerprint density at radius 1 is 0.714 bits per heavy atom. The molecule has 0 spiro atoms. The van der Waals surface area contributed by atoms with E-state index in [9.17, 15) is 10.2 Å². The Bertz CT molecular complexity index is 554. The van der Waals surface area contributed by atoms with E-state index in [1.165, 1.54) is 0 Å². The number of aliphatic hydroxyl groups excluding tert-OH is 4. The molecule has 2 heterocycles. The number of aliphatic hydroxyl groups is 4.